The van der Waals surface area contributed by atoms with Crippen molar-refractivity contribution in [1.82, 2.24) is 10.2 Å². The van der Waals surface area contributed by atoms with Crippen molar-refractivity contribution < 1.29 is 14.3 Å². The highest BCUT2D eigenvalue weighted by atomic mass is 16.3. The Kier molecular flexibility index (Phi) is 5.42. The molecular formula is C16H26N2O3. The third kappa shape index (κ3) is 5.52. The maximum atomic E-state index is 11.8. The van der Waals surface area contributed by atoms with Crippen LogP contribution >= 0.6 is 0 Å². The van der Waals surface area contributed by atoms with Crippen molar-refractivity contribution in [2.24, 2.45) is 5.92 Å². The normalized spacial score (nSPS) is 17.9. The Hall–Kier alpha value is -1.33. The summed E-state index contributed by atoms with van der Waals surface area (Å²) in [6, 6.07) is 1.68. The molecule has 0 spiro atoms. The molecule has 0 aromatic carbocycles. The number of aliphatic hydroxyl groups is 1. The van der Waals surface area contributed by atoms with E-state index in [1.807, 2.05) is 13.8 Å². The third-order valence-corrected chi connectivity index (χ3v) is 4.08. The Labute approximate surface area is 126 Å². The van der Waals surface area contributed by atoms with Gasteiger partial charge in [0.05, 0.1) is 17.4 Å². The Morgan fingerprint density at radius 3 is 2.76 bits per heavy atom. The lowest BCUT2D eigenvalue weighted by Crippen LogP contribution is -2.40. The first-order valence-corrected chi connectivity index (χ1v) is 7.69. The van der Waals surface area contributed by atoms with E-state index in [0.717, 1.165) is 45.4 Å². The first-order chi connectivity index (χ1) is 9.94. The maximum Gasteiger partial charge on any atom is 0.254 e. The van der Waals surface area contributed by atoms with Gasteiger partial charge in [0.25, 0.3) is 5.91 Å². The highest BCUT2D eigenvalue weighted by Crippen LogP contribution is 2.18. The zero-order valence-electron chi connectivity index (χ0n) is 13.0. The number of rotatable bonds is 6. The van der Waals surface area contributed by atoms with Crippen LogP contribution in [0.2, 0.25) is 0 Å². The summed E-state index contributed by atoms with van der Waals surface area (Å²) in [6.07, 6.45) is 5.97. The second-order valence-corrected chi connectivity index (χ2v) is 6.57. The number of nitrogens with one attached hydrogen (secondary N) is 1. The molecule has 1 fully saturated rings. The number of hydrogen-bond donors (Lipinski definition) is 2. The van der Waals surface area contributed by atoms with Crippen LogP contribution in [0.5, 0.6) is 0 Å². The molecule has 1 saturated heterocycles. The molecule has 5 nitrogen and oxygen atoms in total. The maximum absolute atomic E-state index is 11.8. The van der Waals surface area contributed by atoms with Gasteiger partial charge >= 0.3 is 0 Å². The van der Waals surface area contributed by atoms with E-state index in [-0.39, 0.29) is 5.91 Å². The van der Waals surface area contributed by atoms with E-state index in [0.29, 0.717) is 11.5 Å². The van der Waals surface area contributed by atoms with Gasteiger partial charge in [0.1, 0.15) is 6.26 Å². The molecule has 2 rings (SSSR count). The third-order valence-electron chi connectivity index (χ3n) is 4.08. The van der Waals surface area contributed by atoms with Gasteiger partial charge in [-0.15, -0.1) is 0 Å². The van der Waals surface area contributed by atoms with Crippen molar-refractivity contribution in [3.63, 3.8) is 0 Å². The van der Waals surface area contributed by atoms with Crippen molar-refractivity contribution in [3.8, 4) is 0 Å². The molecule has 1 aromatic rings. The Morgan fingerprint density at radius 1 is 1.48 bits per heavy atom. The zero-order chi connectivity index (χ0) is 15.3. The van der Waals surface area contributed by atoms with Crippen LogP contribution in [0, 0.1) is 5.92 Å². The summed E-state index contributed by atoms with van der Waals surface area (Å²) >= 11 is 0. The average Bonchev–Trinajstić information content (AvgIpc) is 2.97. The van der Waals surface area contributed by atoms with Gasteiger partial charge in [-0.25, -0.2) is 0 Å². The molecule has 1 aliphatic heterocycles. The van der Waals surface area contributed by atoms with Gasteiger partial charge in [0, 0.05) is 13.1 Å². The zero-order valence-corrected chi connectivity index (χ0v) is 13.0. The molecular weight excluding hydrogens is 268 g/mol. The van der Waals surface area contributed by atoms with E-state index >= 15 is 0 Å². The lowest BCUT2D eigenvalue weighted by molar-refractivity contribution is 0.0518. The van der Waals surface area contributed by atoms with E-state index in [1.165, 1.54) is 12.5 Å². The van der Waals surface area contributed by atoms with Crippen molar-refractivity contribution in [1.29, 1.82) is 0 Å². The fourth-order valence-corrected chi connectivity index (χ4v) is 2.58. The van der Waals surface area contributed by atoms with Crippen LogP contribution in [-0.4, -0.2) is 47.7 Å². The second-order valence-electron chi connectivity index (χ2n) is 6.57. The summed E-state index contributed by atoms with van der Waals surface area (Å²) in [6.45, 7) is 7.46. The van der Waals surface area contributed by atoms with Gasteiger partial charge in [0.15, 0.2) is 0 Å². The average molecular weight is 294 g/mol. The molecule has 118 valence electrons. The van der Waals surface area contributed by atoms with Crippen LogP contribution in [0.1, 0.15) is 43.5 Å². The SMILES string of the molecule is CC(C)(O)CCN1CCC(CNC(=O)c2ccoc2)CC1. The molecule has 1 amide bonds. The van der Waals surface area contributed by atoms with Crippen LogP contribution in [-0.2, 0) is 0 Å². The van der Waals surface area contributed by atoms with E-state index in [4.69, 9.17) is 4.42 Å². The van der Waals surface area contributed by atoms with Crippen LogP contribution in [0.15, 0.2) is 23.0 Å². The van der Waals surface area contributed by atoms with Gasteiger partial charge < -0.3 is 19.7 Å². The van der Waals surface area contributed by atoms with Crippen LogP contribution < -0.4 is 5.32 Å². The molecule has 0 bridgehead atoms. The van der Waals surface area contributed by atoms with Crippen LogP contribution in [0.25, 0.3) is 0 Å². The number of likely N-dealkylation sites (tertiary alicyclic amines) is 1. The van der Waals surface area contributed by atoms with Crippen molar-refractivity contribution in [2.45, 2.75) is 38.7 Å². The molecule has 2 N–H and O–H groups in total. The number of furan rings is 1. The predicted molar refractivity (Wildman–Crippen MR) is 81.1 cm³/mol. The molecule has 0 radical (unpaired) electrons. The molecule has 0 atom stereocenters. The summed E-state index contributed by atoms with van der Waals surface area (Å²) in [5.41, 5.74) is -0.00676. The summed E-state index contributed by atoms with van der Waals surface area (Å²) in [7, 11) is 0. The Morgan fingerprint density at radius 2 is 2.19 bits per heavy atom. The number of nitrogens with zero attached hydrogens (tertiary/aromatic N) is 1. The minimum absolute atomic E-state index is 0.0618. The van der Waals surface area contributed by atoms with E-state index in [2.05, 4.69) is 10.2 Å². The number of amides is 1. The Balaban J connectivity index is 1.64. The lowest BCUT2D eigenvalue weighted by atomic mass is 9.96. The van der Waals surface area contributed by atoms with Gasteiger partial charge in [-0.2, -0.15) is 0 Å². The number of carbonyl (C=O) groups is 1. The topological polar surface area (TPSA) is 65.7 Å². The van der Waals surface area contributed by atoms with Crippen molar-refractivity contribution in [3.05, 3.63) is 24.2 Å². The molecule has 0 saturated carbocycles. The molecule has 2 heterocycles. The monoisotopic (exact) mass is 294 g/mol. The molecule has 0 aliphatic carbocycles. The predicted octanol–water partition coefficient (Wildman–Crippen LogP) is 1.88. The van der Waals surface area contributed by atoms with Crippen molar-refractivity contribution >= 4 is 5.91 Å². The molecule has 1 aromatic heterocycles. The Bertz CT molecular complexity index is 429. The highest BCUT2D eigenvalue weighted by Gasteiger charge is 2.21. The molecule has 5 heteroatoms. The quantitative estimate of drug-likeness (QED) is 0.841. The van der Waals surface area contributed by atoms with Gasteiger partial charge in [-0.05, 0) is 58.2 Å². The van der Waals surface area contributed by atoms with Gasteiger partial charge in [-0.3, -0.25) is 4.79 Å². The number of hydrogen-bond acceptors (Lipinski definition) is 4. The van der Waals surface area contributed by atoms with E-state index in [9.17, 15) is 9.90 Å². The largest absolute Gasteiger partial charge is 0.472 e. The first-order valence-electron chi connectivity index (χ1n) is 7.69. The van der Waals surface area contributed by atoms with Crippen LogP contribution in [0.4, 0.5) is 0 Å². The van der Waals surface area contributed by atoms with Gasteiger partial charge in [0.2, 0.25) is 0 Å². The molecule has 1 aliphatic rings. The van der Waals surface area contributed by atoms with Crippen molar-refractivity contribution in [2.75, 3.05) is 26.2 Å². The summed E-state index contributed by atoms with van der Waals surface area (Å²) < 4.78 is 4.91. The standard InChI is InChI=1S/C16H26N2O3/c1-16(2,20)6-9-18-7-3-13(4-8-18)11-17-15(19)14-5-10-21-12-14/h5,10,12-13,20H,3-4,6-9,11H2,1-2H3,(H,17,19). The lowest BCUT2D eigenvalue weighted by Gasteiger charge is -2.33. The molecule has 0 unspecified atom stereocenters. The highest BCUT2D eigenvalue weighted by molar-refractivity contribution is 5.93. The minimum Gasteiger partial charge on any atom is -0.472 e. The summed E-state index contributed by atoms with van der Waals surface area (Å²) in [4.78, 5) is 14.2. The fraction of sp³-hybridized carbons (Fsp3) is 0.688. The number of carbonyl (C=O) groups excluding carboxylic acids is 1. The minimum atomic E-state index is -0.588. The van der Waals surface area contributed by atoms with E-state index < -0.39 is 5.60 Å². The van der Waals surface area contributed by atoms with Gasteiger partial charge in [-0.1, -0.05) is 0 Å². The van der Waals surface area contributed by atoms with Crippen LogP contribution in [0.3, 0.4) is 0 Å². The van der Waals surface area contributed by atoms with E-state index in [1.54, 1.807) is 6.07 Å². The second kappa shape index (κ2) is 7.09. The summed E-state index contributed by atoms with van der Waals surface area (Å²) in [5.74, 6) is 0.479. The fourth-order valence-electron chi connectivity index (χ4n) is 2.58. The smallest absolute Gasteiger partial charge is 0.254 e. The number of piperidine rings is 1. The molecule has 21 heavy (non-hydrogen) atoms. The summed E-state index contributed by atoms with van der Waals surface area (Å²) in [5, 5.41) is 12.7. The first kappa shape index (κ1) is 16.0.